The van der Waals surface area contributed by atoms with Crippen LogP contribution in [0.5, 0.6) is 0 Å². The maximum Gasteiger partial charge on any atom is 0.264 e. The summed E-state index contributed by atoms with van der Waals surface area (Å²) in [6, 6.07) is 0. The third-order valence-corrected chi connectivity index (χ3v) is 7.94. The van der Waals surface area contributed by atoms with Gasteiger partial charge in [-0.05, 0) is 58.8 Å². The predicted octanol–water partition coefficient (Wildman–Crippen LogP) is 4.40. The summed E-state index contributed by atoms with van der Waals surface area (Å²) in [4.78, 5) is 10.8. The topological polar surface area (TPSA) is 204 Å². The molecule has 0 aliphatic rings. The lowest BCUT2D eigenvalue weighted by Crippen LogP contribution is -2.29. The van der Waals surface area contributed by atoms with Crippen molar-refractivity contribution in [1.29, 1.82) is 0 Å². The van der Waals surface area contributed by atoms with Crippen molar-refractivity contribution in [3.8, 4) is 0 Å². The first-order valence-electron chi connectivity index (χ1n) is 13.8. The van der Waals surface area contributed by atoms with E-state index < -0.39 is 26.0 Å². The lowest BCUT2D eigenvalue weighted by atomic mass is 9.73. The normalized spacial score (nSPS) is 13.6. The zero-order valence-corrected chi connectivity index (χ0v) is 27.1. The van der Waals surface area contributed by atoms with Gasteiger partial charge in [-0.25, -0.2) is 0 Å². The van der Waals surface area contributed by atoms with Gasteiger partial charge in [0.1, 0.15) is 13.2 Å². The standard InChI is InChI=1S/C27H48N4O8S2/c1-16(2)20-22(18(5)6)25(27(29)31-39-13-11-15-41(35,36)37)23(19(7)8)21(17(3)4)24(20)26(28)30-38-12-9-10-14-40(32,33)34/h16-19H,9-15H2,1-8H3,(H2,28,30)(H2,29,31)(H,32,33,34)(H,35,36,37). The van der Waals surface area contributed by atoms with Gasteiger partial charge in [-0.3, -0.25) is 9.11 Å². The van der Waals surface area contributed by atoms with E-state index in [4.69, 9.17) is 30.2 Å². The van der Waals surface area contributed by atoms with E-state index in [1.54, 1.807) is 0 Å². The van der Waals surface area contributed by atoms with Crippen molar-refractivity contribution >= 4 is 31.9 Å². The number of hydrogen-bond acceptors (Lipinski definition) is 8. The molecule has 0 aliphatic carbocycles. The Labute approximate surface area is 245 Å². The molecule has 0 spiro atoms. The summed E-state index contributed by atoms with van der Waals surface area (Å²) in [7, 11) is -8.13. The van der Waals surface area contributed by atoms with Gasteiger partial charge < -0.3 is 21.1 Å². The zero-order chi connectivity index (χ0) is 31.7. The Kier molecular flexibility index (Phi) is 14.0. The fourth-order valence-electron chi connectivity index (χ4n) is 4.86. The molecule has 236 valence electrons. The van der Waals surface area contributed by atoms with Crippen LogP contribution in [0.1, 0.15) is 132 Å². The van der Waals surface area contributed by atoms with E-state index in [9.17, 15) is 16.8 Å². The van der Waals surface area contributed by atoms with Gasteiger partial charge in [0.05, 0.1) is 11.5 Å². The number of nitrogens with zero attached hydrogens (tertiary/aromatic N) is 2. The lowest BCUT2D eigenvalue weighted by molar-refractivity contribution is 0.141. The molecule has 12 nitrogen and oxygen atoms in total. The van der Waals surface area contributed by atoms with Gasteiger partial charge in [0, 0.05) is 17.5 Å². The molecule has 6 N–H and O–H groups in total. The van der Waals surface area contributed by atoms with Gasteiger partial charge in [0.15, 0.2) is 11.7 Å². The fraction of sp³-hybridized carbons (Fsp3) is 0.704. The summed E-state index contributed by atoms with van der Waals surface area (Å²) in [5, 5.41) is 8.35. The molecule has 1 rings (SSSR count). The Hall–Kier alpha value is -2.42. The monoisotopic (exact) mass is 620 g/mol. The Balaban J connectivity index is 3.75. The minimum atomic E-state index is -4.10. The summed E-state index contributed by atoms with van der Waals surface area (Å²) >= 11 is 0. The summed E-state index contributed by atoms with van der Waals surface area (Å²) in [6.45, 7) is 16.5. The molecule has 0 aliphatic heterocycles. The zero-order valence-electron chi connectivity index (χ0n) is 25.5. The summed E-state index contributed by atoms with van der Waals surface area (Å²) in [5.74, 6) is -0.427. The van der Waals surface area contributed by atoms with Gasteiger partial charge in [0.2, 0.25) is 0 Å². The molecule has 0 saturated heterocycles. The Bertz CT molecular complexity index is 1260. The number of nitrogens with two attached hydrogens (primary N) is 2. The number of unbranched alkanes of at least 4 members (excludes halogenated alkanes) is 1. The third-order valence-electron chi connectivity index (χ3n) is 6.33. The second-order valence-electron chi connectivity index (χ2n) is 11.3. The first-order valence-corrected chi connectivity index (χ1v) is 17.1. The maximum atomic E-state index is 11.0. The smallest absolute Gasteiger partial charge is 0.264 e. The number of hydrogen-bond donors (Lipinski definition) is 4. The number of rotatable bonds is 17. The van der Waals surface area contributed by atoms with Gasteiger partial charge in [-0.1, -0.05) is 65.7 Å². The van der Waals surface area contributed by atoms with E-state index >= 15 is 0 Å². The van der Waals surface area contributed by atoms with Crippen LogP contribution in [0.15, 0.2) is 10.3 Å². The van der Waals surface area contributed by atoms with Crippen LogP contribution in [-0.4, -0.2) is 62.3 Å². The minimum Gasteiger partial charge on any atom is -0.394 e. The summed E-state index contributed by atoms with van der Waals surface area (Å²) < 4.78 is 61.8. The molecule has 0 heterocycles. The molecule has 0 saturated carbocycles. The molecule has 0 aromatic heterocycles. The van der Waals surface area contributed by atoms with Gasteiger partial charge in [-0.2, -0.15) is 16.8 Å². The number of benzene rings is 1. The van der Waals surface area contributed by atoms with E-state index in [1.165, 1.54) is 0 Å². The summed E-state index contributed by atoms with van der Waals surface area (Å²) in [6.07, 6.45) is 0.651. The SMILES string of the molecule is CC(C)c1c(/C(N)=N/OCCCCS(=O)(=O)O)c(C(C)C)c(C(C)C)c(/C(N)=N/OCCCS(=O)(=O)O)c1C(C)C. The molecule has 14 heteroatoms. The van der Waals surface area contributed by atoms with Crippen LogP contribution >= 0.6 is 0 Å². The molecule has 0 bridgehead atoms. The fourth-order valence-corrected chi connectivity index (χ4v) is 5.91. The number of amidine groups is 2. The van der Waals surface area contributed by atoms with Gasteiger partial charge >= 0.3 is 0 Å². The second-order valence-corrected chi connectivity index (χ2v) is 14.4. The molecular formula is C27H48N4O8S2. The maximum absolute atomic E-state index is 11.0. The van der Waals surface area contributed by atoms with Crippen molar-refractivity contribution in [2.75, 3.05) is 24.7 Å². The highest BCUT2D eigenvalue weighted by atomic mass is 32.2. The largest absolute Gasteiger partial charge is 0.394 e. The highest BCUT2D eigenvalue weighted by molar-refractivity contribution is 7.86. The third kappa shape index (κ3) is 11.4. The van der Waals surface area contributed by atoms with Crippen LogP contribution in [-0.2, 0) is 29.9 Å². The van der Waals surface area contributed by atoms with Gasteiger partial charge in [0.25, 0.3) is 20.2 Å². The minimum absolute atomic E-state index is 0.00212. The molecule has 1 aromatic carbocycles. The highest BCUT2D eigenvalue weighted by Gasteiger charge is 2.32. The van der Waals surface area contributed by atoms with Gasteiger partial charge in [-0.15, -0.1) is 0 Å². The van der Waals surface area contributed by atoms with Crippen LogP contribution in [0, 0.1) is 0 Å². The van der Waals surface area contributed by atoms with Crippen LogP contribution in [0.4, 0.5) is 0 Å². The average Bonchev–Trinajstić information content (AvgIpc) is 2.81. The lowest BCUT2D eigenvalue weighted by Gasteiger charge is -2.32. The first kappa shape index (κ1) is 36.6. The van der Waals surface area contributed by atoms with E-state index in [0.29, 0.717) is 6.42 Å². The first-order chi connectivity index (χ1) is 18.8. The quantitative estimate of drug-likeness (QED) is 0.0635. The Morgan fingerprint density at radius 2 is 0.902 bits per heavy atom. The van der Waals surface area contributed by atoms with E-state index in [-0.39, 0.29) is 67.2 Å². The van der Waals surface area contributed by atoms with E-state index in [1.807, 2.05) is 27.7 Å². The van der Waals surface area contributed by atoms with Crippen molar-refractivity contribution in [2.45, 2.75) is 98.3 Å². The van der Waals surface area contributed by atoms with Crippen molar-refractivity contribution in [2.24, 2.45) is 21.8 Å². The molecule has 1 aromatic rings. The predicted molar refractivity (Wildman–Crippen MR) is 163 cm³/mol. The molecule has 41 heavy (non-hydrogen) atoms. The Morgan fingerprint density at radius 3 is 1.20 bits per heavy atom. The van der Waals surface area contributed by atoms with E-state index in [2.05, 4.69) is 38.0 Å². The molecule has 0 atom stereocenters. The average molecular weight is 621 g/mol. The van der Waals surface area contributed by atoms with Crippen molar-refractivity contribution in [3.63, 3.8) is 0 Å². The molecule has 0 amide bonds. The van der Waals surface area contributed by atoms with Crippen LogP contribution in [0.25, 0.3) is 0 Å². The van der Waals surface area contributed by atoms with Crippen molar-refractivity contribution < 1.29 is 35.6 Å². The van der Waals surface area contributed by atoms with Crippen LogP contribution in [0.2, 0.25) is 0 Å². The highest BCUT2D eigenvalue weighted by Crippen LogP contribution is 2.42. The Morgan fingerprint density at radius 1 is 0.610 bits per heavy atom. The second kappa shape index (κ2) is 15.7. The van der Waals surface area contributed by atoms with Crippen LogP contribution < -0.4 is 11.5 Å². The van der Waals surface area contributed by atoms with Crippen LogP contribution in [0.3, 0.4) is 0 Å². The molecular weight excluding hydrogens is 572 g/mol. The van der Waals surface area contributed by atoms with Crippen molar-refractivity contribution in [1.82, 2.24) is 0 Å². The molecule has 0 unspecified atom stereocenters. The van der Waals surface area contributed by atoms with E-state index in [0.717, 1.165) is 33.4 Å². The summed E-state index contributed by atoms with van der Waals surface area (Å²) in [5.41, 5.74) is 18.5. The van der Waals surface area contributed by atoms with Crippen molar-refractivity contribution in [3.05, 3.63) is 33.4 Å². The number of oxime groups is 2. The molecule has 0 radical (unpaired) electrons. The molecule has 0 fully saturated rings.